The van der Waals surface area contributed by atoms with Crippen LogP contribution in [0.15, 0.2) is 53.3 Å². The maximum absolute atomic E-state index is 12.4. The van der Waals surface area contributed by atoms with Gasteiger partial charge in [0.25, 0.3) is 11.8 Å². The highest BCUT2D eigenvalue weighted by atomic mass is 79.9. The van der Waals surface area contributed by atoms with Crippen LogP contribution in [-0.4, -0.2) is 41.3 Å². The maximum atomic E-state index is 12.4. The summed E-state index contributed by atoms with van der Waals surface area (Å²) in [5.41, 5.74) is 1.29. The molecule has 1 aliphatic heterocycles. The number of piperidine rings is 1. The molecule has 0 spiro atoms. The SMILES string of the molecule is O=C(NCC1CCN(C(=O)c2cccnc2)CC1)c1ccc(Br)cc1. The van der Waals surface area contributed by atoms with E-state index in [9.17, 15) is 9.59 Å². The molecule has 0 bridgehead atoms. The molecule has 0 atom stereocenters. The van der Waals surface area contributed by atoms with E-state index in [1.165, 1.54) is 0 Å². The van der Waals surface area contributed by atoms with Gasteiger partial charge in [0, 0.05) is 42.1 Å². The van der Waals surface area contributed by atoms with Gasteiger partial charge in [-0.1, -0.05) is 15.9 Å². The molecule has 0 saturated carbocycles. The van der Waals surface area contributed by atoms with Gasteiger partial charge in [0.2, 0.25) is 0 Å². The Morgan fingerprint density at radius 3 is 2.48 bits per heavy atom. The van der Waals surface area contributed by atoms with Crippen molar-refractivity contribution < 1.29 is 9.59 Å². The van der Waals surface area contributed by atoms with E-state index in [-0.39, 0.29) is 11.8 Å². The van der Waals surface area contributed by atoms with Gasteiger partial charge in [-0.05, 0) is 55.2 Å². The molecule has 1 aromatic carbocycles. The van der Waals surface area contributed by atoms with E-state index in [0.717, 1.165) is 17.3 Å². The summed E-state index contributed by atoms with van der Waals surface area (Å²) in [6.45, 7) is 2.07. The Labute approximate surface area is 155 Å². The fourth-order valence-electron chi connectivity index (χ4n) is 2.95. The molecule has 130 valence electrons. The van der Waals surface area contributed by atoms with E-state index in [1.807, 2.05) is 17.0 Å². The maximum Gasteiger partial charge on any atom is 0.255 e. The van der Waals surface area contributed by atoms with Crippen molar-refractivity contribution in [1.82, 2.24) is 15.2 Å². The van der Waals surface area contributed by atoms with Gasteiger partial charge < -0.3 is 10.2 Å². The highest BCUT2D eigenvalue weighted by molar-refractivity contribution is 9.10. The molecular weight excluding hydrogens is 382 g/mol. The van der Waals surface area contributed by atoms with Crippen molar-refractivity contribution >= 4 is 27.7 Å². The molecule has 1 saturated heterocycles. The fourth-order valence-corrected chi connectivity index (χ4v) is 3.22. The number of amides is 2. The van der Waals surface area contributed by atoms with Crippen LogP contribution < -0.4 is 5.32 Å². The van der Waals surface area contributed by atoms with Gasteiger partial charge in [-0.3, -0.25) is 14.6 Å². The van der Waals surface area contributed by atoms with E-state index >= 15 is 0 Å². The lowest BCUT2D eigenvalue weighted by Gasteiger charge is -2.32. The quantitative estimate of drug-likeness (QED) is 0.855. The number of carbonyl (C=O) groups excluding carboxylic acids is 2. The van der Waals surface area contributed by atoms with Crippen molar-refractivity contribution in [3.05, 3.63) is 64.4 Å². The average Bonchev–Trinajstić information content (AvgIpc) is 2.67. The summed E-state index contributed by atoms with van der Waals surface area (Å²) in [7, 11) is 0. The van der Waals surface area contributed by atoms with Crippen LogP contribution in [0.1, 0.15) is 33.6 Å². The Morgan fingerprint density at radius 2 is 1.84 bits per heavy atom. The number of hydrogen-bond donors (Lipinski definition) is 1. The number of rotatable bonds is 4. The molecule has 2 amide bonds. The highest BCUT2D eigenvalue weighted by Crippen LogP contribution is 2.18. The topological polar surface area (TPSA) is 62.3 Å². The van der Waals surface area contributed by atoms with Crippen LogP contribution in [0.3, 0.4) is 0 Å². The second-order valence-corrected chi connectivity index (χ2v) is 7.11. The number of nitrogens with one attached hydrogen (secondary N) is 1. The molecule has 1 fully saturated rings. The van der Waals surface area contributed by atoms with E-state index < -0.39 is 0 Å². The second-order valence-electron chi connectivity index (χ2n) is 6.19. The first-order valence-corrected chi connectivity index (χ1v) is 9.16. The van der Waals surface area contributed by atoms with Crippen molar-refractivity contribution in [3.8, 4) is 0 Å². The Hall–Kier alpha value is -2.21. The van der Waals surface area contributed by atoms with Crippen molar-refractivity contribution in [3.63, 3.8) is 0 Å². The zero-order valence-corrected chi connectivity index (χ0v) is 15.4. The van der Waals surface area contributed by atoms with Crippen LogP contribution in [0.4, 0.5) is 0 Å². The van der Waals surface area contributed by atoms with Crippen molar-refractivity contribution in [2.45, 2.75) is 12.8 Å². The molecule has 1 N–H and O–H groups in total. The molecule has 3 rings (SSSR count). The summed E-state index contributed by atoms with van der Waals surface area (Å²) in [5.74, 6) is 0.379. The first-order valence-electron chi connectivity index (χ1n) is 8.36. The van der Waals surface area contributed by atoms with E-state index in [4.69, 9.17) is 0 Å². The van der Waals surface area contributed by atoms with E-state index in [2.05, 4.69) is 26.2 Å². The first kappa shape index (κ1) is 17.6. The molecule has 5 nitrogen and oxygen atoms in total. The number of halogens is 1. The van der Waals surface area contributed by atoms with Gasteiger partial charge >= 0.3 is 0 Å². The predicted octanol–water partition coefficient (Wildman–Crippen LogP) is 3.13. The molecule has 25 heavy (non-hydrogen) atoms. The minimum absolute atomic E-state index is 0.0328. The molecule has 2 aromatic rings. The lowest BCUT2D eigenvalue weighted by molar-refractivity contribution is 0.0684. The number of hydrogen-bond acceptors (Lipinski definition) is 3. The lowest BCUT2D eigenvalue weighted by atomic mass is 9.96. The van der Waals surface area contributed by atoms with Crippen molar-refractivity contribution in [1.29, 1.82) is 0 Å². The standard InChI is InChI=1S/C19H20BrN3O2/c20-17-5-3-15(4-6-17)18(24)22-12-14-7-10-23(11-8-14)19(25)16-2-1-9-21-13-16/h1-6,9,13-14H,7-8,10-12H2,(H,22,24). The summed E-state index contributed by atoms with van der Waals surface area (Å²) < 4.78 is 0.953. The zero-order valence-electron chi connectivity index (χ0n) is 13.8. The molecule has 1 aromatic heterocycles. The Bertz CT molecular complexity index is 726. The molecule has 0 radical (unpaired) electrons. The Kier molecular flexibility index (Phi) is 5.81. The summed E-state index contributed by atoms with van der Waals surface area (Å²) in [5, 5.41) is 3.00. The Morgan fingerprint density at radius 1 is 1.12 bits per heavy atom. The van der Waals surface area contributed by atoms with Crippen molar-refractivity contribution in [2.24, 2.45) is 5.92 Å². The van der Waals surface area contributed by atoms with E-state index in [0.29, 0.717) is 36.7 Å². The predicted molar refractivity (Wildman–Crippen MR) is 99.3 cm³/mol. The third-order valence-electron chi connectivity index (χ3n) is 4.47. The molecule has 2 heterocycles. The van der Waals surface area contributed by atoms with Crippen LogP contribution in [-0.2, 0) is 0 Å². The monoisotopic (exact) mass is 401 g/mol. The Balaban J connectivity index is 1.45. The number of likely N-dealkylation sites (tertiary alicyclic amines) is 1. The smallest absolute Gasteiger partial charge is 0.255 e. The number of pyridine rings is 1. The van der Waals surface area contributed by atoms with Crippen LogP contribution >= 0.6 is 15.9 Å². The molecule has 0 unspecified atom stereocenters. The number of carbonyl (C=O) groups is 2. The summed E-state index contributed by atoms with van der Waals surface area (Å²) in [6, 6.07) is 10.9. The number of benzene rings is 1. The van der Waals surface area contributed by atoms with Crippen LogP contribution in [0.2, 0.25) is 0 Å². The lowest BCUT2D eigenvalue weighted by Crippen LogP contribution is -2.41. The van der Waals surface area contributed by atoms with Crippen LogP contribution in [0, 0.1) is 5.92 Å². The van der Waals surface area contributed by atoms with Crippen LogP contribution in [0.5, 0.6) is 0 Å². The van der Waals surface area contributed by atoms with E-state index in [1.54, 1.807) is 36.7 Å². The van der Waals surface area contributed by atoms with Crippen molar-refractivity contribution in [2.75, 3.05) is 19.6 Å². The summed E-state index contributed by atoms with van der Waals surface area (Å²) in [4.78, 5) is 30.4. The van der Waals surface area contributed by atoms with Gasteiger partial charge in [-0.15, -0.1) is 0 Å². The summed E-state index contributed by atoms with van der Waals surface area (Å²) >= 11 is 3.36. The molecule has 0 aliphatic carbocycles. The molecule has 1 aliphatic rings. The summed E-state index contributed by atoms with van der Waals surface area (Å²) in [6.07, 6.45) is 5.06. The third-order valence-corrected chi connectivity index (χ3v) is 5.00. The number of aromatic nitrogens is 1. The van der Waals surface area contributed by atoms with Gasteiger partial charge in [0.15, 0.2) is 0 Å². The van der Waals surface area contributed by atoms with Crippen LogP contribution in [0.25, 0.3) is 0 Å². The van der Waals surface area contributed by atoms with Gasteiger partial charge in [-0.25, -0.2) is 0 Å². The third kappa shape index (κ3) is 4.66. The minimum atomic E-state index is -0.0543. The highest BCUT2D eigenvalue weighted by Gasteiger charge is 2.24. The minimum Gasteiger partial charge on any atom is -0.352 e. The average molecular weight is 402 g/mol. The first-order chi connectivity index (χ1) is 12.1. The van der Waals surface area contributed by atoms with Gasteiger partial charge in [0.05, 0.1) is 5.56 Å². The van der Waals surface area contributed by atoms with Gasteiger partial charge in [0.1, 0.15) is 0 Å². The fraction of sp³-hybridized carbons (Fsp3) is 0.316. The second kappa shape index (κ2) is 8.25. The number of nitrogens with zero attached hydrogens (tertiary/aromatic N) is 2. The normalized spacial score (nSPS) is 15.0. The molecule has 6 heteroatoms. The van der Waals surface area contributed by atoms with Gasteiger partial charge in [-0.2, -0.15) is 0 Å². The largest absolute Gasteiger partial charge is 0.352 e. The molecular formula is C19H20BrN3O2. The zero-order chi connectivity index (χ0) is 17.6.